The molecule has 0 saturated carbocycles. The molecule has 0 amide bonds. The summed E-state index contributed by atoms with van der Waals surface area (Å²) in [5.74, 6) is -0.883. The predicted octanol–water partition coefficient (Wildman–Crippen LogP) is 7.73. The summed E-state index contributed by atoms with van der Waals surface area (Å²) in [6.45, 7) is 5.69. The minimum Gasteiger partial charge on any atom is -0.374 e. The molecule has 63 heavy (non-hydrogen) atoms. The zero-order valence-electron chi connectivity index (χ0n) is 35.7. The van der Waals surface area contributed by atoms with Crippen LogP contribution in [0.15, 0.2) is 140 Å². The standard InChI is InChI=1S/C52H54O11/c1-51(2)62-43-39(29-54-27-32-17-7-4-8-18-32)59-50(53-3)47(45(43)63-51)60-41-35-23-13-15-25-37(35)52(38-26-16-14-24-36(38)41)31-57-46-44(55-28-33-19-9-5-10-20-33)42-40(58-48(46)52)30-56-49(61-42)34-21-11-6-12-22-34/h4-26,39-50H,27-31H2,1-3H3/t39-,40-,41?,42-,43+,44+,45+,46-,47-,48+,49-,50+,52?/m1/s1. The normalized spacial score (nSPS) is 35.0. The van der Waals surface area contributed by atoms with Crippen molar-refractivity contribution < 1.29 is 52.1 Å². The van der Waals surface area contributed by atoms with Gasteiger partial charge in [-0.05, 0) is 47.2 Å². The van der Waals surface area contributed by atoms with Gasteiger partial charge < -0.3 is 52.1 Å². The lowest BCUT2D eigenvalue weighted by atomic mass is 9.62. The van der Waals surface area contributed by atoms with Gasteiger partial charge in [-0.1, -0.05) is 140 Å². The first kappa shape index (κ1) is 41.4. The first-order valence-electron chi connectivity index (χ1n) is 22.1. The van der Waals surface area contributed by atoms with Crippen LogP contribution < -0.4 is 0 Å². The van der Waals surface area contributed by atoms with Crippen LogP contribution in [0.5, 0.6) is 0 Å². The molecule has 5 aromatic rings. The van der Waals surface area contributed by atoms with E-state index in [2.05, 4.69) is 60.7 Å². The van der Waals surface area contributed by atoms with Gasteiger partial charge in [0.25, 0.3) is 0 Å². The average molecular weight is 855 g/mol. The highest BCUT2D eigenvalue weighted by Gasteiger charge is 2.65. The maximum absolute atomic E-state index is 7.36. The van der Waals surface area contributed by atoms with Crippen LogP contribution in [0.2, 0.25) is 0 Å². The highest BCUT2D eigenvalue weighted by Crippen LogP contribution is 2.57. The third-order valence-corrected chi connectivity index (χ3v) is 13.5. The van der Waals surface area contributed by atoms with E-state index < -0.39 is 84.8 Å². The van der Waals surface area contributed by atoms with Crippen molar-refractivity contribution in [2.45, 2.75) is 112 Å². The van der Waals surface area contributed by atoms with Crippen LogP contribution in [0.1, 0.15) is 65.2 Å². The number of hydrogen-bond acceptors (Lipinski definition) is 11. The lowest BCUT2D eigenvalue weighted by molar-refractivity contribution is -0.331. The molecule has 6 aliphatic rings. The summed E-state index contributed by atoms with van der Waals surface area (Å²) in [6, 6.07) is 47.3. The summed E-state index contributed by atoms with van der Waals surface area (Å²) >= 11 is 0. The van der Waals surface area contributed by atoms with E-state index in [-0.39, 0.29) is 0 Å². The van der Waals surface area contributed by atoms with Gasteiger partial charge in [0.05, 0.1) is 38.4 Å². The Kier molecular flexibility index (Phi) is 11.3. The monoisotopic (exact) mass is 854 g/mol. The van der Waals surface area contributed by atoms with Gasteiger partial charge in [-0.2, -0.15) is 0 Å². The summed E-state index contributed by atoms with van der Waals surface area (Å²) in [7, 11) is 1.64. The Morgan fingerprint density at radius 1 is 0.603 bits per heavy atom. The molecular formula is C52H54O11. The molecule has 5 heterocycles. The van der Waals surface area contributed by atoms with Gasteiger partial charge >= 0.3 is 0 Å². The zero-order chi connectivity index (χ0) is 42.5. The molecule has 11 nitrogen and oxygen atoms in total. The van der Waals surface area contributed by atoms with Crippen molar-refractivity contribution in [2.75, 3.05) is 26.9 Å². The third-order valence-electron chi connectivity index (χ3n) is 13.5. The molecule has 0 aromatic heterocycles. The summed E-state index contributed by atoms with van der Waals surface area (Å²) in [4.78, 5) is 0. The van der Waals surface area contributed by atoms with Crippen LogP contribution >= 0.6 is 0 Å². The van der Waals surface area contributed by atoms with E-state index >= 15 is 0 Å². The second-order valence-electron chi connectivity index (χ2n) is 17.8. The Morgan fingerprint density at radius 3 is 1.90 bits per heavy atom. The van der Waals surface area contributed by atoms with E-state index in [0.29, 0.717) is 33.0 Å². The van der Waals surface area contributed by atoms with Crippen molar-refractivity contribution in [3.05, 3.63) is 178 Å². The SMILES string of the molecule is CO[C@H]1O[C@H](COCc2ccccc2)[C@@H]2OC(C)(C)O[C@@H]2[C@H]1OC1c2ccccc2C2(CO[C@@H]3[C@@H](OCc4ccccc4)[C@@H]4O[C@H](c5ccccc5)OC[C@H]4O[C@@H]32)c2ccccc21. The summed E-state index contributed by atoms with van der Waals surface area (Å²) in [5, 5.41) is 0. The molecule has 5 aliphatic heterocycles. The first-order valence-corrected chi connectivity index (χ1v) is 22.1. The molecular weight excluding hydrogens is 801 g/mol. The molecule has 0 unspecified atom stereocenters. The number of hydrogen-bond donors (Lipinski definition) is 0. The fourth-order valence-electron chi connectivity index (χ4n) is 10.7. The van der Waals surface area contributed by atoms with Crippen molar-refractivity contribution in [1.29, 1.82) is 0 Å². The molecule has 1 aliphatic carbocycles. The van der Waals surface area contributed by atoms with Gasteiger partial charge in [-0.15, -0.1) is 0 Å². The number of fused-ring (bicyclic) bond motifs is 8. The molecule has 11 atom stereocenters. The lowest BCUT2D eigenvalue weighted by Gasteiger charge is -2.52. The van der Waals surface area contributed by atoms with E-state index in [4.69, 9.17) is 52.1 Å². The molecule has 0 bridgehead atoms. The van der Waals surface area contributed by atoms with Crippen molar-refractivity contribution in [2.24, 2.45) is 0 Å². The second-order valence-corrected chi connectivity index (χ2v) is 17.8. The predicted molar refractivity (Wildman–Crippen MR) is 229 cm³/mol. The van der Waals surface area contributed by atoms with Crippen LogP contribution in [-0.4, -0.2) is 93.9 Å². The van der Waals surface area contributed by atoms with Crippen LogP contribution in [-0.2, 0) is 70.7 Å². The molecule has 11 heteroatoms. The Morgan fingerprint density at radius 2 is 1.22 bits per heavy atom. The molecule has 0 N–H and O–H groups in total. The lowest BCUT2D eigenvalue weighted by Crippen LogP contribution is -2.64. The van der Waals surface area contributed by atoms with Crippen LogP contribution in [0.25, 0.3) is 0 Å². The van der Waals surface area contributed by atoms with Crippen LogP contribution in [0.4, 0.5) is 0 Å². The highest BCUT2D eigenvalue weighted by atomic mass is 16.8. The van der Waals surface area contributed by atoms with E-state index in [1.165, 1.54) is 0 Å². The fourth-order valence-corrected chi connectivity index (χ4v) is 10.7. The average Bonchev–Trinajstić information content (AvgIpc) is 3.87. The molecule has 1 spiro atoms. The third kappa shape index (κ3) is 7.57. The molecule has 11 rings (SSSR count). The number of methoxy groups -OCH3 is 1. The second kappa shape index (κ2) is 17.2. The van der Waals surface area contributed by atoms with Crippen molar-refractivity contribution >= 4 is 0 Å². The Bertz CT molecular complexity index is 2280. The molecule has 5 fully saturated rings. The van der Waals surface area contributed by atoms with Gasteiger partial charge in [0.2, 0.25) is 0 Å². The van der Waals surface area contributed by atoms with Gasteiger partial charge in [0.1, 0.15) is 61.0 Å². The van der Waals surface area contributed by atoms with E-state index in [1.807, 2.05) is 92.7 Å². The van der Waals surface area contributed by atoms with Crippen molar-refractivity contribution in [1.82, 2.24) is 0 Å². The number of benzene rings is 5. The van der Waals surface area contributed by atoms with Crippen molar-refractivity contribution in [3.8, 4) is 0 Å². The van der Waals surface area contributed by atoms with E-state index in [9.17, 15) is 0 Å². The largest absolute Gasteiger partial charge is 0.374 e. The maximum atomic E-state index is 7.36. The first-order chi connectivity index (χ1) is 30.9. The Hall–Kier alpha value is -4.34. The molecule has 5 saturated heterocycles. The molecule has 5 aromatic carbocycles. The highest BCUT2D eigenvalue weighted by molar-refractivity contribution is 5.58. The number of rotatable bonds is 11. The van der Waals surface area contributed by atoms with Gasteiger partial charge in [0, 0.05) is 12.7 Å². The minimum absolute atomic E-state index is 0.295. The van der Waals surface area contributed by atoms with Crippen LogP contribution in [0.3, 0.4) is 0 Å². The van der Waals surface area contributed by atoms with Crippen molar-refractivity contribution in [3.63, 3.8) is 0 Å². The van der Waals surface area contributed by atoms with Gasteiger partial charge in [-0.25, -0.2) is 0 Å². The van der Waals surface area contributed by atoms with Gasteiger partial charge in [-0.3, -0.25) is 0 Å². The Labute approximate surface area is 368 Å². The molecule has 0 radical (unpaired) electrons. The summed E-state index contributed by atoms with van der Waals surface area (Å²) in [5.41, 5.74) is 6.53. The maximum Gasteiger partial charge on any atom is 0.186 e. The van der Waals surface area contributed by atoms with E-state index in [1.54, 1.807) is 7.11 Å². The minimum atomic E-state index is -0.883. The summed E-state index contributed by atoms with van der Waals surface area (Å²) in [6.07, 6.45) is -6.13. The van der Waals surface area contributed by atoms with E-state index in [0.717, 1.165) is 38.9 Å². The van der Waals surface area contributed by atoms with Crippen LogP contribution in [0, 0.1) is 0 Å². The molecule has 328 valence electrons. The zero-order valence-corrected chi connectivity index (χ0v) is 35.7. The topological polar surface area (TPSA) is 102 Å². The summed E-state index contributed by atoms with van der Waals surface area (Å²) < 4.78 is 74.0. The fraction of sp³-hybridized carbons (Fsp3) is 0.423. The number of ether oxygens (including phenoxy) is 11. The van der Waals surface area contributed by atoms with Gasteiger partial charge in [0.15, 0.2) is 18.4 Å². The smallest absolute Gasteiger partial charge is 0.186 e. The Balaban J connectivity index is 0.917. The quantitative estimate of drug-likeness (QED) is 0.131.